The van der Waals surface area contributed by atoms with Gasteiger partial charge < -0.3 is 0 Å². The van der Waals surface area contributed by atoms with E-state index in [1.165, 1.54) is 6.08 Å². The molecule has 1 amide bonds. The van der Waals surface area contributed by atoms with Crippen LogP contribution in [0.1, 0.15) is 20.9 Å². The fourth-order valence-electron chi connectivity index (χ4n) is 2.37. The number of carbonyl (C=O) groups is 1. The quantitative estimate of drug-likeness (QED) is 0.630. The highest BCUT2D eigenvalue weighted by atomic mass is 32.1. The van der Waals surface area contributed by atoms with Gasteiger partial charge in [-0.05, 0) is 29.0 Å². The summed E-state index contributed by atoms with van der Waals surface area (Å²) in [6, 6.07) is 12.7. The van der Waals surface area contributed by atoms with E-state index in [0.29, 0.717) is 16.9 Å². The minimum Gasteiger partial charge on any atom is -0.298 e. The normalized spacial score (nSPS) is 11.3. The van der Waals surface area contributed by atoms with Gasteiger partial charge in [-0.15, -0.1) is 0 Å². The zero-order chi connectivity index (χ0) is 18.9. The van der Waals surface area contributed by atoms with Crippen LogP contribution in [0.15, 0.2) is 55.6 Å². The van der Waals surface area contributed by atoms with E-state index >= 15 is 0 Å². The second-order valence-electron chi connectivity index (χ2n) is 5.43. The van der Waals surface area contributed by atoms with Crippen LogP contribution in [-0.2, 0) is 0 Å². The molecule has 0 fully saturated rings. The zero-order valence-corrected chi connectivity index (χ0v) is 14.2. The number of carbonyl (C=O) groups excluding carboxylic acids is 1. The molecular weight excluding hydrogens is 361 g/mol. The molecule has 0 aliphatic heterocycles. The molecule has 26 heavy (non-hydrogen) atoms. The maximum atomic E-state index is 12.9. The lowest BCUT2D eigenvalue weighted by molar-refractivity contribution is -0.0684. The van der Waals surface area contributed by atoms with Crippen LogP contribution in [0.5, 0.6) is 0 Å². The van der Waals surface area contributed by atoms with E-state index in [9.17, 15) is 18.0 Å². The van der Waals surface area contributed by atoms with Crippen LogP contribution in [0.4, 0.5) is 18.3 Å². The van der Waals surface area contributed by atoms with Crippen LogP contribution in [-0.4, -0.2) is 17.1 Å². The Morgan fingerprint density at radius 1 is 1.15 bits per heavy atom. The molecule has 0 saturated heterocycles. The second-order valence-corrected chi connectivity index (χ2v) is 6.43. The summed E-state index contributed by atoms with van der Waals surface area (Å²) in [5.41, 5.74) is -0.600. The van der Waals surface area contributed by atoms with E-state index in [-0.39, 0.29) is 15.7 Å². The Hall–Kier alpha value is -2.93. The maximum Gasteiger partial charge on any atom is 0.417 e. The first-order chi connectivity index (χ1) is 12.3. The van der Waals surface area contributed by atoms with Crippen molar-refractivity contribution in [3.63, 3.8) is 0 Å². The van der Waals surface area contributed by atoms with Gasteiger partial charge in [0.2, 0.25) is 0 Å². The molecule has 3 nitrogen and oxygen atoms in total. The predicted octanol–water partition coefficient (Wildman–Crippen LogP) is 5.77. The van der Waals surface area contributed by atoms with Gasteiger partial charge in [0.25, 0.3) is 5.91 Å². The molecule has 7 heteroatoms. The second kappa shape index (κ2) is 6.76. The molecule has 0 aliphatic rings. The Morgan fingerprint density at radius 2 is 1.85 bits per heavy atom. The molecule has 3 rings (SSSR count). The number of benzene rings is 2. The Balaban J connectivity index is 1.88. The maximum absolute atomic E-state index is 12.9. The number of nitrogens with zero attached hydrogens (tertiary/aromatic N) is 1. The molecule has 0 radical (unpaired) electrons. The van der Waals surface area contributed by atoms with Gasteiger partial charge in [-0.25, -0.2) is 4.98 Å². The number of anilines is 1. The van der Waals surface area contributed by atoms with E-state index in [0.717, 1.165) is 10.8 Å². The van der Waals surface area contributed by atoms with Gasteiger partial charge in [0.1, 0.15) is 0 Å². The molecule has 0 saturated carbocycles. The Morgan fingerprint density at radius 3 is 2.50 bits per heavy atom. The summed E-state index contributed by atoms with van der Waals surface area (Å²) in [6.07, 6.45) is -3.38. The van der Waals surface area contributed by atoms with Crippen molar-refractivity contribution in [2.24, 2.45) is 0 Å². The standard InChI is InChI=1S/C19H13F3N2OS/c1-3-15-16(11(2)19(20,21)22)26-18(23-15)24-17(25)14-9-8-12-6-4-5-7-13(12)10-14/h3-10H,1-2H2,(H,23,24,25). The molecule has 1 N–H and O–H groups in total. The first kappa shape index (κ1) is 17.9. The van der Waals surface area contributed by atoms with Crippen LogP contribution < -0.4 is 5.32 Å². The summed E-state index contributed by atoms with van der Waals surface area (Å²) in [5, 5.41) is 4.46. The molecule has 0 spiro atoms. The van der Waals surface area contributed by atoms with Crippen molar-refractivity contribution in [1.29, 1.82) is 0 Å². The predicted molar refractivity (Wildman–Crippen MR) is 99.2 cm³/mol. The number of halogens is 3. The molecule has 1 aromatic heterocycles. The van der Waals surface area contributed by atoms with Gasteiger partial charge in [-0.1, -0.05) is 54.8 Å². The number of aromatic nitrogens is 1. The van der Waals surface area contributed by atoms with Gasteiger partial charge >= 0.3 is 6.18 Å². The summed E-state index contributed by atoms with van der Waals surface area (Å²) < 4.78 is 38.7. The van der Waals surface area contributed by atoms with Gasteiger partial charge in [0.15, 0.2) is 5.13 Å². The van der Waals surface area contributed by atoms with Crippen LogP contribution in [0.25, 0.3) is 22.4 Å². The SMILES string of the molecule is C=Cc1nc(NC(=O)c2ccc3ccccc3c2)sc1C(=C)C(F)(F)F. The van der Waals surface area contributed by atoms with E-state index in [1.54, 1.807) is 18.2 Å². The molecule has 3 aromatic rings. The van der Waals surface area contributed by atoms with Crippen LogP contribution in [0, 0.1) is 0 Å². The highest BCUT2D eigenvalue weighted by Gasteiger charge is 2.35. The Labute approximate surface area is 151 Å². The van der Waals surface area contributed by atoms with Crippen molar-refractivity contribution < 1.29 is 18.0 Å². The minimum atomic E-state index is -4.58. The molecule has 0 atom stereocenters. The number of hydrogen-bond acceptors (Lipinski definition) is 3. The third kappa shape index (κ3) is 3.52. The van der Waals surface area contributed by atoms with Crippen molar-refractivity contribution in [3.05, 3.63) is 71.8 Å². The molecule has 0 unspecified atom stereocenters. The Bertz CT molecular complexity index is 1020. The van der Waals surface area contributed by atoms with Gasteiger partial charge in [0, 0.05) is 5.56 Å². The average molecular weight is 374 g/mol. The third-order valence-electron chi connectivity index (χ3n) is 3.70. The number of alkyl halides is 3. The van der Waals surface area contributed by atoms with E-state index in [2.05, 4.69) is 23.5 Å². The largest absolute Gasteiger partial charge is 0.417 e. The zero-order valence-electron chi connectivity index (χ0n) is 13.4. The molecule has 132 valence electrons. The fourth-order valence-corrected chi connectivity index (χ4v) is 3.32. The van der Waals surface area contributed by atoms with Crippen molar-refractivity contribution in [2.75, 3.05) is 5.32 Å². The molecule has 1 heterocycles. The van der Waals surface area contributed by atoms with Crippen molar-refractivity contribution in [1.82, 2.24) is 4.98 Å². The average Bonchev–Trinajstić information content (AvgIpc) is 3.02. The number of fused-ring (bicyclic) bond motifs is 1. The summed E-state index contributed by atoms with van der Waals surface area (Å²) >= 11 is 0.712. The highest BCUT2D eigenvalue weighted by molar-refractivity contribution is 7.17. The van der Waals surface area contributed by atoms with Crippen molar-refractivity contribution >= 4 is 44.8 Å². The summed E-state index contributed by atoms with van der Waals surface area (Å²) in [4.78, 5) is 16.3. The van der Waals surface area contributed by atoms with E-state index < -0.39 is 17.7 Å². The lowest BCUT2D eigenvalue weighted by Crippen LogP contribution is -2.11. The third-order valence-corrected chi connectivity index (χ3v) is 4.74. The monoisotopic (exact) mass is 374 g/mol. The number of nitrogens with one attached hydrogen (secondary N) is 1. The van der Waals surface area contributed by atoms with Crippen molar-refractivity contribution in [3.8, 4) is 0 Å². The van der Waals surface area contributed by atoms with Crippen LogP contribution >= 0.6 is 11.3 Å². The molecular formula is C19H13F3N2OS. The van der Waals surface area contributed by atoms with E-state index in [4.69, 9.17) is 0 Å². The molecule has 0 bridgehead atoms. The first-order valence-electron chi connectivity index (χ1n) is 7.49. The smallest absolute Gasteiger partial charge is 0.298 e. The van der Waals surface area contributed by atoms with E-state index in [1.807, 2.05) is 24.3 Å². The van der Waals surface area contributed by atoms with Crippen molar-refractivity contribution in [2.45, 2.75) is 6.18 Å². The van der Waals surface area contributed by atoms with Gasteiger partial charge in [-0.2, -0.15) is 13.2 Å². The minimum absolute atomic E-state index is 0.0335. The topological polar surface area (TPSA) is 42.0 Å². The molecule has 2 aromatic carbocycles. The van der Waals surface area contributed by atoms with Gasteiger partial charge in [0.05, 0.1) is 16.1 Å². The summed E-state index contributed by atoms with van der Waals surface area (Å²) in [5.74, 6) is -0.454. The number of allylic oxidation sites excluding steroid dienone is 1. The number of thiazole rings is 1. The lowest BCUT2D eigenvalue weighted by Gasteiger charge is -2.07. The lowest BCUT2D eigenvalue weighted by atomic mass is 10.1. The summed E-state index contributed by atoms with van der Waals surface area (Å²) in [6.45, 7) is 6.54. The molecule has 0 aliphatic carbocycles. The van der Waals surface area contributed by atoms with Gasteiger partial charge in [-0.3, -0.25) is 10.1 Å². The number of amides is 1. The fraction of sp³-hybridized carbons (Fsp3) is 0.0526. The Kier molecular flexibility index (Phi) is 4.65. The first-order valence-corrected chi connectivity index (χ1v) is 8.31. The van der Waals surface area contributed by atoms with Crippen LogP contribution in [0.3, 0.4) is 0 Å². The van der Waals surface area contributed by atoms with Crippen LogP contribution in [0.2, 0.25) is 0 Å². The number of rotatable bonds is 4. The number of hydrogen-bond donors (Lipinski definition) is 1. The highest BCUT2D eigenvalue weighted by Crippen LogP contribution is 2.39. The summed E-state index contributed by atoms with van der Waals surface area (Å²) in [7, 11) is 0.